The van der Waals surface area contributed by atoms with Crippen molar-refractivity contribution in [2.45, 2.75) is 39.0 Å². The summed E-state index contributed by atoms with van der Waals surface area (Å²) in [4.78, 5) is 0. The Morgan fingerprint density at radius 2 is 1.78 bits per heavy atom. The Labute approximate surface area is 153 Å². The minimum absolute atomic E-state index is 0.137. The molecule has 0 aromatic heterocycles. The molecule has 0 amide bonds. The number of hydrogen-bond acceptors (Lipinski definition) is 0. The van der Waals surface area contributed by atoms with Crippen molar-refractivity contribution in [1.29, 1.82) is 0 Å². The smallest absolute Gasteiger partial charge is 0.0133 e. The van der Waals surface area contributed by atoms with Crippen molar-refractivity contribution < 1.29 is 0 Å². The summed E-state index contributed by atoms with van der Waals surface area (Å²) in [5.74, 6) is 0. The Balaban J connectivity index is 1.96. The van der Waals surface area contributed by atoms with E-state index in [4.69, 9.17) is 0 Å². The number of hydrogen-bond donors (Lipinski definition) is 0. The van der Waals surface area contributed by atoms with Crippen LogP contribution in [0.25, 0.3) is 5.57 Å². The first-order chi connectivity index (χ1) is 11.0. The van der Waals surface area contributed by atoms with Crippen LogP contribution in [0, 0.1) is 3.57 Å². The summed E-state index contributed by atoms with van der Waals surface area (Å²) < 4.78 is 1.32. The molecule has 1 heteroatoms. The van der Waals surface area contributed by atoms with E-state index in [0.717, 1.165) is 12.8 Å². The molecule has 0 saturated carbocycles. The molecule has 0 nitrogen and oxygen atoms in total. The van der Waals surface area contributed by atoms with Gasteiger partial charge in [-0.25, -0.2) is 0 Å². The molecule has 0 bridgehead atoms. The van der Waals surface area contributed by atoms with Crippen LogP contribution in [0.2, 0.25) is 0 Å². The largest absolute Gasteiger partial charge is 0.0795 e. The van der Waals surface area contributed by atoms with Gasteiger partial charge in [0, 0.05) is 8.99 Å². The predicted molar refractivity (Wildman–Crippen MR) is 109 cm³/mol. The average Bonchev–Trinajstić information content (AvgIpc) is 2.75. The lowest BCUT2D eigenvalue weighted by Crippen LogP contribution is -2.17. The second-order valence-electron chi connectivity index (χ2n) is 6.65. The third-order valence-electron chi connectivity index (χ3n) is 4.86. The van der Waals surface area contributed by atoms with Crippen LogP contribution in [0.3, 0.4) is 0 Å². The summed E-state index contributed by atoms with van der Waals surface area (Å²) in [6.45, 7) is 7.00. The van der Waals surface area contributed by atoms with Crippen molar-refractivity contribution in [3.05, 3.63) is 86.5 Å². The van der Waals surface area contributed by atoms with Crippen LogP contribution in [-0.4, -0.2) is 0 Å². The van der Waals surface area contributed by atoms with E-state index >= 15 is 0 Å². The van der Waals surface area contributed by atoms with E-state index in [-0.39, 0.29) is 5.41 Å². The summed E-state index contributed by atoms with van der Waals surface area (Å²) in [6, 6.07) is 17.5. The molecule has 1 aliphatic carbocycles. The summed E-state index contributed by atoms with van der Waals surface area (Å²) >= 11 is 2.42. The van der Waals surface area contributed by atoms with E-state index in [0.29, 0.717) is 0 Å². The number of rotatable bonds is 4. The summed E-state index contributed by atoms with van der Waals surface area (Å²) in [5, 5.41) is 0. The van der Waals surface area contributed by atoms with Crippen molar-refractivity contribution in [2.75, 3.05) is 0 Å². The van der Waals surface area contributed by atoms with Gasteiger partial charge in [0.15, 0.2) is 0 Å². The molecular formula is C22H23I. The molecule has 0 aliphatic heterocycles. The molecule has 0 radical (unpaired) electrons. The highest BCUT2D eigenvalue weighted by atomic mass is 127. The van der Waals surface area contributed by atoms with E-state index in [2.05, 4.69) is 104 Å². The van der Waals surface area contributed by atoms with Gasteiger partial charge in [-0.15, -0.1) is 0 Å². The van der Waals surface area contributed by atoms with E-state index in [1.807, 2.05) is 0 Å². The summed E-state index contributed by atoms with van der Waals surface area (Å²) in [7, 11) is 0. The SMILES string of the molecule is CCC1=C(/C=C\Cc2ccccc2)c2ccc(I)cc2C1(C)C. The molecule has 23 heavy (non-hydrogen) atoms. The number of allylic oxidation sites excluding steroid dienone is 4. The Hall–Kier alpha value is -1.35. The molecule has 0 spiro atoms. The molecule has 0 N–H and O–H groups in total. The molecular weight excluding hydrogens is 391 g/mol. The topological polar surface area (TPSA) is 0 Å². The van der Waals surface area contributed by atoms with Crippen LogP contribution in [-0.2, 0) is 11.8 Å². The molecule has 0 heterocycles. The van der Waals surface area contributed by atoms with E-state index in [1.54, 1.807) is 5.57 Å². The van der Waals surface area contributed by atoms with Crippen LogP contribution in [0.4, 0.5) is 0 Å². The highest BCUT2D eigenvalue weighted by Gasteiger charge is 2.35. The van der Waals surface area contributed by atoms with Crippen LogP contribution in [0.5, 0.6) is 0 Å². The Bertz CT molecular complexity index is 764. The van der Waals surface area contributed by atoms with E-state index in [9.17, 15) is 0 Å². The first-order valence-electron chi connectivity index (χ1n) is 8.28. The van der Waals surface area contributed by atoms with Gasteiger partial charge in [0.25, 0.3) is 0 Å². The monoisotopic (exact) mass is 414 g/mol. The van der Waals surface area contributed by atoms with E-state index in [1.165, 1.54) is 25.8 Å². The van der Waals surface area contributed by atoms with Gasteiger partial charge >= 0.3 is 0 Å². The number of halogens is 1. The normalized spacial score (nSPS) is 16.2. The zero-order chi connectivity index (χ0) is 16.4. The van der Waals surface area contributed by atoms with Gasteiger partial charge in [-0.3, -0.25) is 0 Å². The molecule has 2 aromatic rings. The second kappa shape index (κ2) is 6.64. The third-order valence-corrected chi connectivity index (χ3v) is 5.53. The maximum atomic E-state index is 2.42. The molecule has 1 aliphatic rings. The Kier molecular flexibility index (Phi) is 4.77. The maximum Gasteiger partial charge on any atom is 0.0133 e. The average molecular weight is 414 g/mol. The summed E-state index contributed by atoms with van der Waals surface area (Å²) in [5.41, 5.74) is 7.37. The molecule has 0 fully saturated rings. The minimum atomic E-state index is 0.137. The minimum Gasteiger partial charge on any atom is -0.0795 e. The fourth-order valence-electron chi connectivity index (χ4n) is 3.68. The third kappa shape index (κ3) is 3.16. The lowest BCUT2D eigenvalue weighted by atomic mass is 9.80. The van der Waals surface area contributed by atoms with Gasteiger partial charge < -0.3 is 0 Å². The maximum absolute atomic E-state index is 2.42. The lowest BCUT2D eigenvalue weighted by molar-refractivity contribution is 0.617. The van der Waals surface area contributed by atoms with Crippen LogP contribution in [0.1, 0.15) is 43.9 Å². The van der Waals surface area contributed by atoms with Crippen LogP contribution in [0.15, 0.2) is 66.3 Å². The summed E-state index contributed by atoms with van der Waals surface area (Å²) in [6.07, 6.45) is 6.74. The van der Waals surface area contributed by atoms with Crippen LogP contribution < -0.4 is 0 Å². The van der Waals surface area contributed by atoms with Gasteiger partial charge in [-0.05, 0) is 69.8 Å². The first kappa shape index (κ1) is 16.5. The first-order valence-corrected chi connectivity index (χ1v) is 9.36. The molecule has 0 unspecified atom stereocenters. The fourth-order valence-corrected chi connectivity index (χ4v) is 4.17. The van der Waals surface area contributed by atoms with Crippen molar-refractivity contribution >= 4 is 28.2 Å². The fraction of sp³-hybridized carbons (Fsp3) is 0.273. The Morgan fingerprint density at radius 3 is 2.48 bits per heavy atom. The molecule has 0 atom stereocenters. The highest BCUT2D eigenvalue weighted by Crippen LogP contribution is 2.48. The van der Waals surface area contributed by atoms with Crippen LogP contribution >= 0.6 is 22.6 Å². The molecule has 3 rings (SSSR count). The van der Waals surface area contributed by atoms with Gasteiger partial charge in [-0.1, -0.05) is 74.9 Å². The number of benzene rings is 2. The standard InChI is InChI=1S/C22H23I/c1-4-20-18(12-8-11-16-9-6-5-7-10-16)19-14-13-17(23)15-21(19)22(20,2)3/h5-10,12-15H,4,11H2,1-3H3/b12-8-. The highest BCUT2D eigenvalue weighted by molar-refractivity contribution is 14.1. The van der Waals surface area contributed by atoms with Crippen molar-refractivity contribution in [3.63, 3.8) is 0 Å². The van der Waals surface area contributed by atoms with Crippen molar-refractivity contribution in [3.8, 4) is 0 Å². The van der Waals surface area contributed by atoms with Gasteiger partial charge in [-0.2, -0.15) is 0 Å². The molecule has 118 valence electrons. The number of fused-ring (bicyclic) bond motifs is 1. The molecule has 0 saturated heterocycles. The second-order valence-corrected chi connectivity index (χ2v) is 7.90. The quantitative estimate of drug-likeness (QED) is 0.498. The van der Waals surface area contributed by atoms with Gasteiger partial charge in [0.05, 0.1) is 0 Å². The van der Waals surface area contributed by atoms with E-state index < -0.39 is 0 Å². The Morgan fingerprint density at radius 1 is 1.04 bits per heavy atom. The zero-order valence-electron chi connectivity index (χ0n) is 14.1. The van der Waals surface area contributed by atoms with Gasteiger partial charge in [0.2, 0.25) is 0 Å². The predicted octanol–water partition coefficient (Wildman–Crippen LogP) is 6.54. The lowest BCUT2D eigenvalue weighted by Gasteiger charge is -2.24. The van der Waals surface area contributed by atoms with Gasteiger partial charge in [0.1, 0.15) is 0 Å². The zero-order valence-corrected chi connectivity index (χ0v) is 16.2. The van der Waals surface area contributed by atoms with Crippen molar-refractivity contribution in [2.24, 2.45) is 0 Å². The van der Waals surface area contributed by atoms with Crippen molar-refractivity contribution in [1.82, 2.24) is 0 Å². The molecule has 2 aromatic carbocycles.